The normalized spacial score (nSPS) is 18.4. The number of nitrogens with zero attached hydrogens (tertiary/aromatic N) is 2. The summed E-state index contributed by atoms with van der Waals surface area (Å²) in [4.78, 5) is 19.2. The highest BCUT2D eigenvalue weighted by Gasteiger charge is 2.32. The van der Waals surface area contributed by atoms with E-state index in [9.17, 15) is 9.18 Å². The molecule has 4 nitrogen and oxygen atoms in total. The van der Waals surface area contributed by atoms with Crippen molar-refractivity contribution >= 4 is 34.6 Å². The van der Waals surface area contributed by atoms with Gasteiger partial charge in [-0.1, -0.05) is 30.8 Å². The van der Waals surface area contributed by atoms with Gasteiger partial charge in [0.1, 0.15) is 11.6 Å². The van der Waals surface area contributed by atoms with Gasteiger partial charge in [0.25, 0.3) is 5.91 Å². The third-order valence-electron chi connectivity index (χ3n) is 4.27. The first-order valence-electron chi connectivity index (χ1n) is 8.73. The van der Waals surface area contributed by atoms with Crippen LogP contribution in [0.4, 0.5) is 10.1 Å². The number of amidine groups is 1. The fraction of sp³-hybridized carbons (Fsp3) is 0.238. The van der Waals surface area contributed by atoms with E-state index in [1.807, 2.05) is 24.3 Å². The zero-order valence-corrected chi connectivity index (χ0v) is 16.1. The number of carbonyl (C=O) groups is 1. The predicted molar refractivity (Wildman–Crippen MR) is 109 cm³/mol. The molecule has 1 saturated heterocycles. The molecule has 0 radical (unpaired) electrons. The number of rotatable bonds is 5. The van der Waals surface area contributed by atoms with Crippen molar-refractivity contribution in [2.24, 2.45) is 4.99 Å². The zero-order valence-electron chi connectivity index (χ0n) is 15.3. The summed E-state index contributed by atoms with van der Waals surface area (Å²) in [5.41, 5.74) is 1.55. The van der Waals surface area contributed by atoms with Gasteiger partial charge in [-0.15, -0.1) is 0 Å². The predicted octanol–water partition coefficient (Wildman–Crippen LogP) is 4.89. The number of methoxy groups -OCH3 is 1. The molecule has 2 aromatic carbocycles. The van der Waals surface area contributed by atoms with Crippen molar-refractivity contribution in [1.82, 2.24) is 4.90 Å². The number of amides is 1. The number of hydrogen-bond acceptors (Lipinski definition) is 4. The molecule has 0 unspecified atom stereocenters. The quantitative estimate of drug-likeness (QED) is 0.690. The second-order valence-electron chi connectivity index (χ2n) is 6.06. The van der Waals surface area contributed by atoms with E-state index in [1.165, 1.54) is 18.2 Å². The lowest BCUT2D eigenvalue weighted by Crippen LogP contribution is -2.37. The van der Waals surface area contributed by atoms with Crippen LogP contribution in [0.2, 0.25) is 0 Å². The average Bonchev–Trinajstić information content (AvgIpc) is 3.10. The molecule has 1 fully saturated rings. The maximum atomic E-state index is 13.0. The van der Waals surface area contributed by atoms with Gasteiger partial charge in [0.05, 0.1) is 12.8 Å². The second-order valence-corrected chi connectivity index (χ2v) is 7.05. The average molecular weight is 384 g/mol. The fourth-order valence-electron chi connectivity index (χ4n) is 2.72. The third kappa shape index (κ3) is 4.77. The molecular formula is C21H21FN2O2S. The molecule has 0 bridgehead atoms. The largest absolute Gasteiger partial charge is 0.497 e. The Morgan fingerprint density at radius 1 is 1.26 bits per heavy atom. The van der Waals surface area contributed by atoms with Gasteiger partial charge in [0.15, 0.2) is 5.17 Å². The highest BCUT2D eigenvalue weighted by Crippen LogP contribution is 2.29. The van der Waals surface area contributed by atoms with Crippen LogP contribution in [-0.4, -0.2) is 34.9 Å². The molecule has 1 atom stereocenters. The van der Waals surface area contributed by atoms with Crippen LogP contribution in [-0.2, 0) is 4.79 Å². The molecule has 27 heavy (non-hydrogen) atoms. The van der Waals surface area contributed by atoms with E-state index in [0.29, 0.717) is 5.17 Å². The minimum absolute atomic E-state index is 0.109. The van der Waals surface area contributed by atoms with Crippen molar-refractivity contribution in [2.75, 3.05) is 12.9 Å². The summed E-state index contributed by atoms with van der Waals surface area (Å²) >= 11 is 1.58. The van der Waals surface area contributed by atoms with Crippen LogP contribution >= 0.6 is 11.8 Å². The summed E-state index contributed by atoms with van der Waals surface area (Å²) in [5, 5.41) is 0.695. The van der Waals surface area contributed by atoms with E-state index in [2.05, 4.69) is 11.9 Å². The molecular weight excluding hydrogens is 363 g/mol. The maximum Gasteiger partial charge on any atom is 0.252 e. The van der Waals surface area contributed by atoms with E-state index in [4.69, 9.17) is 4.74 Å². The molecule has 0 aromatic heterocycles. The number of aliphatic imine (C=N–C) groups is 1. The number of halogens is 1. The lowest BCUT2D eigenvalue weighted by molar-refractivity contribution is -0.123. The summed E-state index contributed by atoms with van der Waals surface area (Å²) in [5.74, 6) is 1.17. The van der Waals surface area contributed by atoms with E-state index in [1.54, 1.807) is 42.0 Å². The molecule has 140 valence electrons. The van der Waals surface area contributed by atoms with Crippen LogP contribution in [0, 0.1) is 5.82 Å². The molecule has 0 spiro atoms. The van der Waals surface area contributed by atoms with Gasteiger partial charge in [-0.25, -0.2) is 9.38 Å². The monoisotopic (exact) mass is 384 g/mol. The first-order valence-corrected chi connectivity index (χ1v) is 9.71. The number of hydrogen-bond donors (Lipinski definition) is 0. The molecule has 2 aromatic rings. The Morgan fingerprint density at radius 2 is 1.96 bits per heavy atom. The molecule has 3 rings (SSSR count). The maximum absolute atomic E-state index is 13.0. The minimum Gasteiger partial charge on any atom is -0.497 e. The van der Waals surface area contributed by atoms with Gasteiger partial charge < -0.3 is 4.74 Å². The van der Waals surface area contributed by atoms with Crippen molar-refractivity contribution in [2.45, 2.75) is 19.4 Å². The second kappa shape index (κ2) is 8.86. The Balaban J connectivity index is 1.80. The van der Waals surface area contributed by atoms with Crippen molar-refractivity contribution in [3.8, 4) is 5.75 Å². The van der Waals surface area contributed by atoms with Gasteiger partial charge in [-0.05, 0) is 54.5 Å². The zero-order chi connectivity index (χ0) is 19.2. The van der Waals surface area contributed by atoms with E-state index in [-0.39, 0.29) is 17.8 Å². The van der Waals surface area contributed by atoms with E-state index >= 15 is 0 Å². The summed E-state index contributed by atoms with van der Waals surface area (Å²) < 4.78 is 18.2. The van der Waals surface area contributed by atoms with Gasteiger partial charge in [0.2, 0.25) is 0 Å². The van der Waals surface area contributed by atoms with Crippen LogP contribution in [0.3, 0.4) is 0 Å². The summed E-state index contributed by atoms with van der Waals surface area (Å²) in [6.45, 7) is 2.06. The van der Waals surface area contributed by atoms with Crippen molar-refractivity contribution < 1.29 is 13.9 Å². The Morgan fingerprint density at radius 3 is 2.59 bits per heavy atom. The third-order valence-corrected chi connectivity index (χ3v) is 5.37. The van der Waals surface area contributed by atoms with Gasteiger partial charge >= 0.3 is 0 Å². The Hall–Kier alpha value is -2.60. The van der Waals surface area contributed by atoms with Crippen LogP contribution < -0.4 is 4.74 Å². The van der Waals surface area contributed by atoms with Gasteiger partial charge in [-0.3, -0.25) is 9.69 Å². The van der Waals surface area contributed by atoms with Crippen LogP contribution in [0.15, 0.2) is 59.6 Å². The van der Waals surface area contributed by atoms with Crippen molar-refractivity contribution in [3.63, 3.8) is 0 Å². The van der Waals surface area contributed by atoms with Crippen LogP contribution in [0.1, 0.15) is 18.9 Å². The SMILES string of the molecule is CC[C@H]1CSC(=Nc2ccc(OC)cc2)N1C(=O)/C=C/c1ccc(F)cc1. The Bertz CT molecular complexity index is 847. The van der Waals surface area contributed by atoms with Crippen LogP contribution in [0.25, 0.3) is 6.08 Å². The molecule has 0 aliphatic carbocycles. The van der Waals surface area contributed by atoms with Crippen molar-refractivity contribution in [1.29, 1.82) is 0 Å². The number of carbonyl (C=O) groups excluding carboxylic acids is 1. The number of thioether (sulfide) groups is 1. The standard InChI is InChI=1S/C21H21FN2O2S/c1-3-18-14-27-21(23-17-9-11-19(26-2)12-10-17)24(18)20(25)13-6-15-4-7-16(22)8-5-15/h4-13,18H,3,14H2,1-2H3/b13-6+,23-21?/t18-/m0/s1. The highest BCUT2D eigenvalue weighted by molar-refractivity contribution is 8.14. The fourth-order valence-corrected chi connectivity index (χ4v) is 3.99. The van der Waals surface area contributed by atoms with Crippen molar-refractivity contribution in [3.05, 3.63) is 66.0 Å². The molecule has 6 heteroatoms. The topological polar surface area (TPSA) is 41.9 Å². The highest BCUT2D eigenvalue weighted by atomic mass is 32.2. The molecule has 1 heterocycles. The smallest absolute Gasteiger partial charge is 0.252 e. The first kappa shape index (κ1) is 19.2. The molecule has 1 aliphatic heterocycles. The summed E-state index contributed by atoms with van der Waals surface area (Å²) in [6, 6.07) is 13.6. The van der Waals surface area contributed by atoms with Gasteiger partial charge in [0, 0.05) is 17.9 Å². The van der Waals surface area contributed by atoms with Gasteiger partial charge in [-0.2, -0.15) is 0 Å². The molecule has 1 amide bonds. The van der Waals surface area contributed by atoms with Crippen LogP contribution in [0.5, 0.6) is 5.75 Å². The lowest BCUT2D eigenvalue weighted by Gasteiger charge is -2.21. The molecule has 0 N–H and O–H groups in total. The first-order chi connectivity index (χ1) is 13.1. The Kier molecular flexibility index (Phi) is 6.29. The lowest BCUT2D eigenvalue weighted by atomic mass is 10.2. The molecule has 0 saturated carbocycles. The Labute approximate surface area is 162 Å². The molecule has 1 aliphatic rings. The minimum atomic E-state index is -0.297. The summed E-state index contributed by atoms with van der Waals surface area (Å²) in [7, 11) is 1.62. The van der Waals surface area contributed by atoms with E-state index in [0.717, 1.165) is 29.2 Å². The number of ether oxygens (including phenoxy) is 1. The number of benzene rings is 2. The van der Waals surface area contributed by atoms with E-state index < -0.39 is 0 Å². The summed E-state index contributed by atoms with van der Waals surface area (Å²) in [6.07, 6.45) is 4.07.